The molecule has 0 saturated carbocycles. The van der Waals surface area contributed by atoms with Crippen LogP contribution in [0.1, 0.15) is 16.1 Å². The molecule has 0 atom stereocenters. The molecule has 1 aromatic carbocycles. The summed E-state index contributed by atoms with van der Waals surface area (Å²) in [6.45, 7) is 0.142. The van der Waals surface area contributed by atoms with E-state index >= 15 is 0 Å². The molecule has 22 heavy (non-hydrogen) atoms. The first-order chi connectivity index (χ1) is 10.7. The number of hydrogen-bond donors (Lipinski definition) is 3. The van der Waals surface area contributed by atoms with E-state index in [0.29, 0.717) is 27.9 Å². The number of amides is 2. The second kappa shape index (κ2) is 6.00. The van der Waals surface area contributed by atoms with Crippen molar-refractivity contribution in [2.24, 2.45) is 0 Å². The monoisotopic (exact) mass is 321 g/mol. The van der Waals surface area contributed by atoms with Crippen LogP contribution in [0.2, 0.25) is 0 Å². The zero-order chi connectivity index (χ0) is 15.5. The number of carbonyl (C=O) groups is 2. The van der Waals surface area contributed by atoms with E-state index in [4.69, 9.17) is 14.7 Å². The van der Waals surface area contributed by atoms with E-state index in [9.17, 15) is 9.59 Å². The molecule has 0 aliphatic carbocycles. The number of hydroxylamine groups is 1. The van der Waals surface area contributed by atoms with E-state index in [0.717, 1.165) is 0 Å². The average molecular weight is 321 g/mol. The van der Waals surface area contributed by atoms with Crippen molar-refractivity contribution in [3.05, 3.63) is 34.8 Å². The molecule has 2 aromatic rings. The highest BCUT2D eigenvalue weighted by Crippen LogP contribution is 2.32. The van der Waals surface area contributed by atoms with Crippen LogP contribution in [0, 0.1) is 0 Å². The molecule has 114 valence electrons. The highest BCUT2D eigenvalue weighted by Gasteiger charge is 2.17. The Morgan fingerprint density at radius 3 is 2.95 bits per heavy atom. The van der Waals surface area contributed by atoms with E-state index in [2.05, 4.69) is 10.3 Å². The summed E-state index contributed by atoms with van der Waals surface area (Å²) in [5, 5.41) is 13.1. The van der Waals surface area contributed by atoms with Crippen LogP contribution in [-0.4, -0.2) is 28.8 Å². The van der Waals surface area contributed by atoms with Crippen molar-refractivity contribution in [3.63, 3.8) is 0 Å². The zero-order valence-electron chi connectivity index (χ0n) is 11.2. The molecule has 2 heterocycles. The minimum Gasteiger partial charge on any atom is -0.454 e. The van der Waals surface area contributed by atoms with Gasteiger partial charge in [-0.1, -0.05) is 0 Å². The lowest BCUT2D eigenvalue weighted by molar-refractivity contribution is -0.128. The predicted molar refractivity (Wildman–Crippen MR) is 76.3 cm³/mol. The van der Waals surface area contributed by atoms with Crippen molar-refractivity contribution in [2.75, 3.05) is 12.1 Å². The maximum atomic E-state index is 12.1. The Kier molecular flexibility index (Phi) is 3.90. The maximum absolute atomic E-state index is 12.1. The molecule has 8 nitrogen and oxygen atoms in total. The van der Waals surface area contributed by atoms with Gasteiger partial charge in [-0.15, -0.1) is 11.3 Å². The Labute approximate surface area is 128 Å². The van der Waals surface area contributed by atoms with Gasteiger partial charge in [0.05, 0.1) is 12.1 Å². The predicted octanol–water partition coefficient (Wildman–Crippen LogP) is 1.17. The third-order valence-corrected chi connectivity index (χ3v) is 3.68. The molecular formula is C13H11N3O5S. The molecule has 1 aliphatic heterocycles. The SMILES string of the molecule is O=C(Cc1csc(NC(=O)c2ccc3c(c2)OCO3)n1)NO. The molecule has 1 aromatic heterocycles. The smallest absolute Gasteiger partial charge is 0.257 e. The summed E-state index contributed by atoms with van der Waals surface area (Å²) in [6, 6.07) is 4.87. The molecule has 2 amide bonds. The fourth-order valence-electron chi connectivity index (χ4n) is 1.86. The normalized spacial score (nSPS) is 12.0. The quantitative estimate of drug-likeness (QED) is 0.576. The van der Waals surface area contributed by atoms with Crippen molar-refractivity contribution < 1.29 is 24.3 Å². The standard InChI is InChI=1S/C13H11N3O5S/c17-11(16-19)4-8-5-22-13(14-8)15-12(18)7-1-2-9-10(3-7)21-6-20-9/h1-3,5,19H,4,6H2,(H,16,17)(H,14,15,18). The number of fused-ring (bicyclic) bond motifs is 1. The Bertz CT molecular complexity index is 730. The minimum atomic E-state index is -0.570. The number of anilines is 1. The van der Waals surface area contributed by atoms with Gasteiger partial charge in [0.2, 0.25) is 12.7 Å². The summed E-state index contributed by atoms with van der Waals surface area (Å²) in [7, 11) is 0. The van der Waals surface area contributed by atoms with Crippen LogP contribution in [0.4, 0.5) is 5.13 Å². The molecule has 9 heteroatoms. The average Bonchev–Trinajstić information content (AvgIpc) is 3.15. The highest BCUT2D eigenvalue weighted by molar-refractivity contribution is 7.14. The molecule has 3 rings (SSSR count). The fourth-order valence-corrected chi connectivity index (χ4v) is 2.56. The largest absolute Gasteiger partial charge is 0.454 e. The molecule has 0 unspecified atom stereocenters. The summed E-state index contributed by atoms with van der Waals surface area (Å²) in [6.07, 6.45) is -0.0626. The number of aromatic nitrogens is 1. The molecule has 0 spiro atoms. The van der Waals surface area contributed by atoms with Crippen molar-refractivity contribution in [1.29, 1.82) is 0 Å². The molecule has 0 fully saturated rings. The first kappa shape index (κ1) is 14.3. The summed E-state index contributed by atoms with van der Waals surface area (Å²) in [5.41, 5.74) is 2.39. The van der Waals surface area contributed by atoms with Gasteiger partial charge in [0.25, 0.3) is 5.91 Å². The van der Waals surface area contributed by atoms with Gasteiger partial charge in [0.15, 0.2) is 16.6 Å². The van der Waals surface area contributed by atoms with Crippen LogP contribution >= 0.6 is 11.3 Å². The molecule has 0 radical (unpaired) electrons. The first-order valence-electron chi connectivity index (χ1n) is 6.24. The van der Waals surface area contributed by atoms with Crippen LogP contribution in [0.5, 0.6) is 11.5 Å². The van der Waals surface area contributed by atoms with Crippen LogP contribution in [0.3, 0.4) is 0 Å². The van der Waals surface area contributed by atoms with Gasteiger partial charge in [-0.25, -0.2) is 10.5 Å². The lowest BCUT2D eigenvalue weighted by Crippen LogP contribution is -2.20. The fraction of sp³-hybridized carbons (Fsp3) is 0.154. The molecular weight excluding hydrogens is 310 g/mol. The second-order valence-corrected chi connectivity index (χ2v) is 5.24. The van der Waals surface area contributed by atoms with Gasteiger partial charge < -0.3 is 9.47 Å². The number of thiazole rings is 1. The van der Waals surface area contributed by atoms with E-state index in [1.165, 1.54) is 16.8 Å². The number of carbonyl (C=O) groups excluding carboxylic acids is 2. The van der Waals surface area contributed by atoms with Gasteiger partial charge >= 0.3 is 0 Å². The molecule has 3 N–H and O–H groups in total. The van der Waals surface area contributed by atoms with Crippen molar-refractivity contribution >= 4 is 28.3 Å². The Morgan fingerprint density at radius 1 is 1.32 bits per heavy atom. The van der Waals surface area contributed by atoms with Crippen LogP contribution in [0.15, 0.2) is 23.6 Å². The number of rotatable bonds is 4. The highest BCUT2D eigenvalue weighted by atomic mass is 32.1. The van der Waals surface area contributed by atoms with Gasteiger partial charge in [0, 0.05) is 10.9 Å². The summed E-state index contributed by atoms with van der Waals surface area (Å²) < 4.78 is 10.4. The van der Waals surface area contributed by atoms with Gasteiger partial charge in [-0.05, 0) is 18.2 Å². The molecule has 0 bridgehead atoms. The first-order valence-corrected chi connectivity index (χ1v) is 7.12. The minimum absolute atomic E-state index is 0.0626. The Morgan fingerprint density at radius 2 is 2.14 bits per heavy atom. The van der Waals surface area contributed by atoms with E-state index in [-0.39, 0.29) is 19.1 Å². The summed E-state index contributed by atoms with van der Waals surface area (Å²) >= 11 is 1.19. The number of hydrogen-bond acceptors (Lipinski definition) is 7. The Balaban J connectivity index is 1.68. The molecule has 1 aliphatic rings. The summed E-state index contributed by atoms with van der Waals surface area (Å²) in [4.78, 5) is 27.3. The number of nitrogens with one attached hydrogen (secondary N) is 2. The third kappa shape index (κ3) is 3.00. The molecule has 0 saturated heterocycles. The second-order valence-electron chi connectivity index (χ2n) is 4.38. The van der Waals surface area contributed by atoms with Gasteiger partial charge in [-0.2, -0.15) is 0 Å². The van der Waals surface area contributed by atoms with Crippen molar-refractivity contribution in [1.82, 2.24) is 10.5 Å². The lowest BCUT2D eigenvalue weighted by atomic mass is 10.2. The maximum Gasteiger partial charge on any atom is 0.257 e. The lowest BCUT2D eigenvalue weighted by Gasteiger charge is -2.03. The van der Waals surface area contributed by atoms with Gasteiger partial charge in [-0.3, -0.25) is 20.1 Å². The summed E-state index contributed by atoms with van der Waals surface area (Å²) in [5.74, 6) is 0.208. The van der Waals surface area contributed by atoms with E-state index in [1.807, 2.05) is 0 Å². The number of nitrogens with zero attached hydrogens (tertiary/aromatic N) is 1. The number of benzene rings is 1. The van der Waals surface area contributed by atoms with Crippen LogP contribution < -0.4 is 20.3 Å². The van der Waals surface area contributed by atoms with Crippen molar-refractivity contribution in [3.8, 4) is 11.5 Å². The van der Waals surface area contributed by atoms with E-state index in [1.54, 1.807) is 23.6 Å². The van der Waals surface area contributed by atoms with E-state index < -0.39 is 5.91 Å². The topological polar surface area (TPSA) is 110 Å². The Hall–Kier alpha value is -2.65. The van der Waals surface area contributed by atoms with Gasteiger partial charge in [0.1, 0.15) is 0 Å². The zero-order valence-corrected chi connectivity index (χ0v) is 12.0. The van der Waals surface area contributed by atoms with Crippen LogP contribution in [-0.2, 0) is 11.2 Å². The van der Waals surface area contributed by atoms with Crippen LogP contribution in [0.25, 0.3) is 0 Å². The number of ether oxygens (including phenoxy) is 2. The van der Waals surface area contributed by atoms with Crippen molar-refractivity contribution in [2.45, 2.75) is 6.42 Å². The third-order valence-electron chi connectivity index (χ3n) is 2.87.